The number of amides is 1. The van der Waals surface area contributed by atoms with E-state index in [1.807, 2.05) is 33.8 Å². The minimum atomic E-state index is -0.480. The van der Waals surface area contributed by atoms with Crippen molar-refractivity contribution in [1.29, 1.82) is 0 Å². The van der Waals surface area contributed by atoms with Crippen molar-refractivity contribution in [2.24, 2.45) is 0 Å². The van der Waals surface area contributed by atoms with Gasteiger partial charge in [-0.15, -0.1) is 0 Å². The van der Waals surface area contributed by atoms with E-state index in [0.29, 0.717) is 6.54 Å². The summed E-state index contributed by atoms with van der Waals surface area (Å²) >= 11 is 0. The fraction of sp³-hybridized carbons (Fsp3) is 0.533. The van der Waals surface area contributed by atoms with Gasteiger partial charge in [0.15, 0.2) is 0 Å². The van der Waals surface area contributed by atoms with Crippen LogP contribution in [0.25, 0.3) is 0 Å². The van der Waals surface area contributed by atoms with Crippen LogP contribution in [-0.4, -0.2) is 28.2 Å². The molecular weight excluding hydrogens is 242 g/mol. The number of hydrogen-bond donors (Lipinski definition) is 1. The molecule has 19 heavy (non-hydrogen) atoms. The van der Waals surface area contributed by atoms with Gasteiger partial charge < -0.3 is 14.7 Å². The molecule has 0 aromatic heterocycles. The van der Waals surface area contributed by atoms with Gasteiger partial charge in [-0.2, -0.15) is 0 Å². The summed E-state index contributed by atoms with van der Waals surface area (Å²) in [6, 6.07) is 5.29. The highest BCUT2D eigenvalue weighted by molar-refractivity contribution is 5.69. The summed E-state index contributed by atoms with van der Waals surface area (Å²) in [6.07, 6.45) is 0.464. The number of carbonyl (C=O) groups is 1. The molecule has 1 aromatic carbocycles. The van der Waals surface area contributed by atoms with Crippen LogP contribution in [0.5, 0.6) is 5.75 Å². The Bertz CT molecular complexity index is 491. The second-order valence-corrected chi connectivity index (χ2v) is 5.98. The summed E-state index contributed by atoms with van der Waals surface area (Å²) in [7, 11) is 0. The molecule has 1 atom stereocenters. The van der Waals surface area contributed by atoms with Gasteiger partial charge in [0.05, 0.1) is 6.04 Å². The number of carbonyl (C=O) groups excluding carboxylic acids is 1. The molecule has 2 rings (SSSR count). The number of phenolic OH excluding ortho intramolecular Hbond substituents is 1. The van der Waals surface area contributed by atoms with Crippen LogP contribution in [0, 0.1) is 0 Å². The molecular formula is C15H21NO3. The predicted molar refractivity (Wildman–Crippen MR) is 73.2 cm³/mol. The van der Waals surface area contributed by atoms with Gasteiger partial charge >= 0.3 is 6.09 Å². The van der Waals surface area contributed by atoms with E-state index in [0.717, 1.165) is 17.5 Å². The third kappa shape index (κ3) is 3.00. The van der Waals surface area contributed by atoms with Crippen molar-refractivity contribution in [2.75, 3.05) is 6.54 Å². The average molecular weight is 263 g/mol. The molecule has 1 heterocycles. The lowest BCUT2D eigenvalue weighted by Gasteiger charge is -2.36. The zero-order chi connectivity index (χ0) is 14.2. The van der Waals surface area contributed by atoms with E-state index < -0.39 is 5.60 Å². The maximum Gasteiger partial charge on any atom is 0.410 e. The molecule has 4 heteroatoms. The highest BCUT2D eigenvalue weighted by atomic mass is 16.6. The molecule has 1 amide bonds. The van der Waals surface area contributed by atoms with Gasteiger partial charge in [0.2, 0.25) is 0 Å². The Morgan fingerprint density at radius 1 is 1.42 bits per heavy atom. The summed E-state index contributed by atoms with van der Waals surface area (Å²) in [5.41, 5.74) is 1.70. The molecule has 0 aliphatic carbocycles. The molecule has 0 bridgehead atoms. The molecule has 1 aliphatic rings. The monoisotopic (exact) mass is 263 g/mol. The largest absolute Gasteiger partial charge is 0.508 e. The van der Waals surface area contributed by atoms with Crippen LogP contribution in [0.3, 0.4) is 0 Å². The van der Waals surface area contributed by atoms with Crippen LogP contribution in [0.4, 0.5) is 4.79 Å². The van der Waals surface area contributed by atoms with Crippen LogP contribution >= 0.6 is 0 Å². The topological polar surface area (TPSA) is 49.8 Å². The van der Waals surface area contributed by atoms with Crippen LogP contribution < -0.4 is 0 Å². The zero-order valence-corrected chi connectivity index (χ0v) is 11.9. The van der Waals surface area contributed by atoms with E-state index in [-0.39, 0.29) is 17.9 Å². The lowest BCUT2D eigenvalue weighted by atomic mass is 9.93. The lowest BCUT2D eigenvalue weighted by Crippen LogP contribution is -2.42. The lowest BCUT2D eigenvalue weighted by molar-refractivity contribution is 0.0160. The standard InChI is InChI=1S/C15H21NO3/c1-10-13-6-5-12(17)9-11(13)7-8-16(10)14(18)19-15(2,3)4/h5-6,9-10,17H,7-8H2,1-4H3. The average Bonchev–Trinajstić information content (AvgIpc) is 2.26. The van der Waals surface area contributed by atoms with Crippen molar-refractivity contribution in [3.63, 3.8) is 0 Å². The Balaban J connectivity index is 2.19. The summed E-state index contributed by atoms with van der Waals surface area (Å²) in [5, 5.41) is 9.50. The summed E-state index contributed by atoms with van der Waals surface area (Å²) in [6.45, 7) is 8.20. The maximum atomic E-state index is 12.2. The number of phenols is 1. The summed E-state index contributed by atoms with van der Waals surface area (Å²) < 4.78 is 5.42. The normalized spacial score (nSPS) is 18.9. The van der Waals surface area contributed by atoms with Gasteiger partial charge in [-0.1, -0.05) is 6.07 Å². The van der Waals surface area contributed by atoms with E-state index in [1.54, 1.807) is 17.0 Å². The molecule has 0 saturated heterocycles. The Morgan fingerprint density at radius 2 is 2.11 bits per heavy atom. The molecule has 0 radical (unpaired) electrons. The fourth-order valence-electron chi connectivity index (χ4n) is 2.39. The first-order valence-corrected chi connectivity index (χ1v) is 6.59. The first-order valence-electron chi connectivity index (χ1n) is 6.59. The first kappa shape index (κ1) is 13.7. The molecule has 4 nitrogen and oxygen atoms in total. The molecule has 1 unspecified atom stereocenters. The second kappa shape index (κ2) is 4.76. The second-order valence-electron chi connectivity index (χ2n) is 5.98. The van der Waals surface area contributed by atoms with Crippen LogP contribution in [0.15, 0.2) is 18.2 Å². The van der Waals surface area contributed by atoms with Crippen molar-refractivity contribution in [2.45, 2.75) is 45.8 Å². The van der Waals surface area contributed by atoms with Gasteiger partial charge in [0.25, 0.3) is 0 Å². The van der Waals surface area contributed by atoms with Gasteiger partial charge in [0, 0.05) is 6.54 Å². The van der Waals surface area contributed by atoms with E-state index in [4.69, 9.17) is 4.74 Å². The number of rotatable bonds is 0. The molecule has 1 aliphatic heterocycles. The molecule has 1 N–H and O–H groups in total. The molecule has 0 fully saturated rings. The van der Waals surface area contributed by atoms with Crippen LogP contribution in [-0.2, 0) is 11.2 Å². The highest BCUT2D eigenvalue weighted by Gasteiger charge is 2.30. The van der Waals surface area contributed by atoms with Gasteiger partial charge in [0.1, 0.15) is 11.4 Å². The van der Waals surface area contributed by atoms with Crippen molar-refractivity contribution < 1.29 is 14.6 Å². The quantitative estimate of drug-likeness (QED) is 0.781. The van der Waals surface area contributed by atoms with Crippen molar-refractivity contribution in [1.82, 2.24) is 4.90 Å². The summed E-state index contributed by atoms with van der Waals surface area (Å²) in [4.78, 5) is 13.9. The Kier molecular flexibility index (Phi) is 3.43. The number of nitrogens with zero attached hydrogens (tertiary/aromatic N) is 1. The van der Waals surface area contributed by atoms with E-state index >= 15 is 0 Å². The van der Waals surface area contributed by atoms with Gasteiger partial charge in [-0.3, -0.25) is 0 Å². The minimum absolute atomic E-state index is 0.0285. The van der Waals surface area contributed by atoms with E-state index in [9.17, 15) is 9.90 Å². The Morgan fingerprint density at radius 3 is 2.74 bits per heavy atom. The molecule has 0 saturated carbocycles. The van der Waals surface area contributed by atoms with Crippen molar-refractivity contribution in [3.8, 4) is 5.75 Å². The number of hydrogen-bond acceptors (Lipinski definition) is 3. The van der Waals surface area contributed by atoms with E-state index in [1.165, 1.54) is 0 Å². The SMILES string of the molecule is CC1c2ccc(O)cc2CCN1C(=O)OC(C)(C)C. The number of fused-ring (bicyclic) bond motifs is 1. The molecule has 1 aromatic rings. The smallest absolute Gasteiger partial charge is 0.410 e. The van der Waals surface area contributed by atoms with Crippen molar-refractivity contribution >= 4 is 6.09 Å². The van der Waals surface area contributed by atoms with Crippen LogP contribution in [0.1, 0.15) is 44.9 Å². The number of benzene rings is 1. The third-order valence-corrected chi connectivity index (χ3v) is 3.29. The van der Waals surface area contributed by atoms with Gasteiger partial charge in [-0.05, 0) is 57.4 Å². The molecule has 0 spiro atoms. The highest BCUT2D eigenvalue weighted by Crippen LogP contribution is 2.32. The Labute approximate surface area is 114 Å². The first-order chi connectivity index (χ1) is 8.78. The van der Waals surface area contributed by atoms with Crippen molar-refractivity contribution in [3.05, 3.63) is 29.3 Å². The summed E-state index contributed by atoms with van der Waals surface area (Å²) in [5.74, 6) is 0.275. The number of aromatic hydroxyl groups is 1. The molecule has 104 valence electrons. The minimum Gasteiger partial charge on any atom is -0.508 e. The third-order valence-electron chi connectivity index (χ3n) is 3.29. The maximum absolute atomic E-state index is 12.2. The van der Waals surface area contributed by atoms with Crippen LogP contribution in [0.2, 0.25) is 0 Å². The van der Waals surface area contributed by atoms with Gasteiger partial charge in [-0.25, -0.2) is 4.79 Å². The fourth-order valence-corrected chi connectivity index (χ4v) is 2.39. The predicted octanol–water partition coefficient (Wildman–Crippen LogP) is 3.25. The zero-order valence-electron chi connectivity index (χ0n) is 11.9. The van der Waals surface area contributed by atoms with E-state index in [2.05, 4.69) is 0 Å². The number of ether oxygens (including phenoxy) is 1. The Hall–Kier alpha value is -1.71.